The zero-order chi connectivity index (χ0) is 22.6. The van der Waals surface area contributed by atoms with Gasteiger partial charge in [-0.15, -0.1) is 0 Å². The highest BCUT2D eigenvalue weighted by Crippen LogP contribution is 2.33. The number of likely N-dealkylation sites (N-methyl/N-ethyl adjacent to an activating group) is 1. The number of halogens is 1. The molecule has 0 bridgehead atoms. The Hall–Kier alpha value is -2.22. The SMILES string of the molecule is Cc1ccc(C(=O)C(c2ccc(S(C)(=O)=O)cc2)C(C(Cl)=CN(C)C)N(C)C)cn1. The van der Waals surface area contributed by atoms with Gasteiger partial charge in [0.1, 0.15) is 0 Å². The zero-order valence-corrected chi connectivity index (χ0v) is 19.7. The fraction of sp³-hybridized carbons (Fsp3) is 0.364. The van der Waals surface area contributed by atoms with Crippen LogP contribution in [0, 0.1) is 6.92 Å². The maximum absolute atomic E-state index is 13.6. The van der Waals surface area contributed by atoms with Crippen LogP contribution in [0.15, 0.2) is 58.7 Å². The Labute approximate surface area is 184 Å². The molecule has 0 saturated carbocycles. The van der Waals surface area contributed by atoms with Crippen LogP contribution >= 0.6 is 11.6 Å². The lowest BCUT2D eigenvalue weighted by Crippen LogP contribution is -2.39. The molecule has 0 aliphatic rings. The van der Waals surface area contributed by atoms with Crippen LogP contribution in [0.5, 0.6) is 0 Å². The van der Waals surface area contributed by atoms with E-state index in [1.807, 2.05) is 44.9 Å². The molecule has 0 fully saturated rings. The molecule has 0 radical (unpaired) electrons. The molecule has 2 aromatic rings. The number of rotatable bonds is 8. The summed E-state index contributed by atoms with van der Waals surface area (Å²) in [5, 5.41) is 0.496. The van der Waals surface area contributed by atoms with Crippen LogP contribution in [0.3, 0.4) is 0 Å². The largest absolute Gasteiger partial charge is 0.383 e. The number of pyridine rings is 1. The summed E-state index contributed by atoms with van der Waals surface area (Å²) in [7, 11) is 4.09. The van der Waals surface area contributed by atoms with Gasteiger partial charge in [-0.1, -0.05) is 23.7 Å². The van der Waals surface area contributed by atoms with Gasteiger partial charge in [0.05, 0.1) is 21.9 Å². The molecular formula is C22H28ClN3O3S. The van der Waals surface area contributed by atoms with Crippen molar-refractivity contribution in [1.29, 1.82) is 0 Å². The van der Waals surface area contributed by atoms with Crippen molar-refractivity contribution in [3.05, 3.63) is 70.6 Å². The maximum Gasteiger partial charge on any atom is 0.175 e. The normalized spacial score (nSPS) is 14.5. The molecule has 2 atom stereocenters. The molecule has 0 N–H and O–H groups in total. The maximum atomic E-state index is 13.6. The molecule has 0 aliphatic heterocycles. The van der Waals surface area contributed by atoms with Crippen LogP contribution in [-0.2, 0) is 9.84 Å². The third kappa shape index (κ3) is 5.90. The second-order valence-electron chi connectivity index (χ2n) is 7.76. The van der Waals surface area contributed by atoms with Crippen molar-refractivity contribution in [3.8, 4) is 0 Å². The molecule has 162 valence electrons. The lowest BCUT2D eigenvalue weighted by Gasteiger charge is -2.32. The molecule has 0 spiro atoms. The number of carbonyl (C=O) groups excluding carboxylic acids is 1. The number of aromatic nitrogens is 1. The summed E-state index contributed by atoms with van der Waals surface area (Å²) < 4.78 is 23.7. The van der Waals surface area contributed by atoms with Crippen LogP contribution in [-0.4, -0.2) is 69.5 Å². The second-order valence-corrected chi connectivity index (χ2v) is 10.2. The average molecular weight is 450 g/mol. The summed E-state index contributed by atoms with van der Waals surface area (Å²) in [5.74, 6) is -0.791. The quantitative estimate of drug-likeness (QED) is 0.575. The minimum atomic E-state index is -3.34. The molecule has 30 heavy (non-hydrogen) atoms. The summed E-state index contributed by atoms with van der Waals surface area (Å²) >= 11 is 6.66. The van der Waals surface area contributed by atoms with Gasteiger partial charge >= 0.3 is 0 Å². The molecule has 6 nitrogen and oxygen atoms in total. The monoisotopic (exact) mass is 449 g/mol. The molecule has 0 aliphatic carbocycles. The molecule has 1 aromatic carbocycles. The third-order valence-electron chi connectivity index (χ3n) is 4.68. The smallest absolute Gasteiger partial charge is 0.175 e. The van der Waals surface area contributed by atoms with Crippen LogP contribution in [0.25, 0.3) is 0 Å². The molecule has 1 heterocycles. The Morgan fingerprint density at radius 3 is 2.10 bits per heavy atom. The lowest BCUT2D eigenvalue weighted by atomic mass is 9.84. The predicted molar refractivity (Wildman–Crippen MR) is 121 cm³/mol. The van der Waals surface area contributed by atoms with E-state index in [1.54, 1.807) is 36.7 Å². The van der Waals surface area contributed by atoms with Crippen molar-refractivity contribution in [3.63, 3.8) is 0 Å². The number of nitrogens with zero attached hydrogens (tertiary/aromatic N) is 3. The Balaban J connectivity index is 2.64. The van der Waals surface area contributed by atoms with E-state index in [4.69, 9.17) is 11.6 Å². The highest BCUT2D eigenvalue weighted by Gasteiger charge is 2.34. The van der Waals surface area contributed by atoms with E-state index >= 15 is 0 Å². The van der Waals surface area contributed by atoms with Crippen molar-refractivity contribution in [2.75, 3.05) is 34.4 Å². The van der Waals surface area contributed by atoms with E-state index in [0.717, 1.165) is 11.9 Å². The molecule has 2 unspecified atom stereocenters. The minimum absolute atomic E-state index is 0.140. The standard InChI is InChI=1S/C22H28ClN3O3S/c1-15-7-8-17(13-24-15)22(27)20(21(26(4)5)19(23)14-25(2)3)16-9-11-18(12-10-16)30(6,28)29/h7-14,20-21H,1-6H3. The lowest BCUT2D eigenvalue weighted by molar-refractivity contribution is 0.0921. The summed E-state index contributed by atoms with van der Waals surface area (Å²) in [6, 6.07) is 9.49. The number of ketones is 1. The second kappa shape index (κ2) is 9.73. The number of hydrogen-bond acceptors (Lipinski definition) is 6. The van der Waals surface area contributed by atoms with Crippen LogP contribution < -0.4 is 0 Å². The molecule has 0 amide bonds. The van der Waals surface area contributed by atoms with Crippen molar-refractivity contribution < 1.29 is 13.2 Å². The van der Waals surface area contributed by atoms with Gasteiger partial charge in [0.25, 0.3) is 0 Å². The first-order valence-corrected chi connectivity index (χ1v) is 11.7. The Morgan fingerprint density at radius 1 is 1.07 bits per heavy atom. The summed E-state index contributed by atoms with van der Waals surface area (Å²) in [5.41, 5.74) is 1.96. The van der Waals surface area contributed by atoms with Crippen molar-refractivity contribution >= 4 is 27.2 Å². The number of sulfone groups is 1. The first-order chi connectivity index (χ1) is 13.9. The fourth-order valence-electron chi connectivity index (χ4n) is 3.22. The van der Waals surface area contributed by atoms with Gasteiger partial charge in [-0.05, 0) is 50.8 Å². The van der Waals surface area contributed by atoms with E-state index in [2.05, 4.69) is 4.98 Å². The van der Waals surface area contributed by atoms with E-state index in [9.17, 15) is 13.2 Å². The van der Waals surface area contributed by atoms with Gasteiger partial charge in [-0.3, -0.25) is 9.78 Å². The summed E-state index contributed by atoms with van der Waals surface area (Å²) in [6.07, 6.45) is 4.48. The summed E-state index contributed by atoms with van der Waals surface area (Å²) in [6.45, 7) is 1.86. The number of hydrogen-bond donors (Lipinski definition) is 0. The Kier molecular flexibility index (Phi) is 7.80. The van der Waals surface area contributed by atoms with Crippen molar-refractivity contribution in [1.82, 2.24) is 14.8 Å². The minimum Gasteiger partial charge on any atom is -0.383 e. The number of carbonyl (C=O) groups is 1. The Bertz CT molecular complexity index is 1010. The van der Waals surface area contributed by atoms with Gasteiger partial charge < -0.3 is 9.80 Å². The fourth-order valence-corrected chi connectivity index (χ4v) is 4.37. The topological polar surface area (TPSA) is 70.6 Å². The van der Waals surface area contributed by atoms with E-state index in [0.29, 0.717) is 16.2 Å². The van der Waals surface area contributed by atoms with Gasteiger partial charge in [0.15, 0.2) is 15.6 Å². The highest BCUT2D eigenvalue weighted by atomic mass is 35.5. The van der Waals surface area contributed by atoms with E-state index in [-0.39, 0.29) is 10.7 Å². The molecular weight excluding hydrogens is 422 g/mol. The van der Waals surface area contributed by atoms with E-state index < -0.39 is 21.8 Å². The zero-order valence-electron chi connectivity index (χ0n) is 18.1. The van der Waals surface area contributed by atoms with Gasteiger partial charge in [-0.25, -0.2) is 8.42 Å². The third-order valence-corrected chi connectivity index (χ3v) is 6.13. The Morgan fingerprint density at radius 2 is 1.67 bits per heavy atom. The van der Waals surface area contributed by atoms with Crippen LogP contribution in [0.1, 0.15) is 27.5 Å². The molecule has 2 rings (SSSR count). The predicted octanol–water partition coefficient (Wildman–Crippen LogP) is 3.33. The molecule has 0 saturated heterocycles. The van der Waals surface area contributed by atoms with Gasteiger partial charge in [-0.2, -0.15) is 0 Å². The summed E-state index contributed by atoms with van der Waals surface area (Å²) in [4.78, 5) is 21.7. The molecule has 8 heteroatoms. The van der Waals surface area contributed by atoms with Gasteiger partial charge in [0.2, 0.25) is 0 Å². The molecule has 1 aromatic heterocycles. The average Bonchev–Trinajstić information content (AvgIpc) is 2.64. The number of benzene rings is 1. The van der Waals surface area contributed by atoms with Crippen LogP contribution in [0.4, 0.5) is 0 Å². The van der Waals surface area contributed by atoms with E-state index in [1.165, 1.54) is 12.1 Å². The van der Waals surface area contributed by atoms with Gasteiger partial charge in [0, 0.05) is 44.0 Å². The van der Waals surface area contributed by atoms with Crippen LogP contribution in [0.2, 0.25) is 0 Å². The highest BCUT2D eigenvalue weighted by molar-refractivity contribution is 7.90. The van der Waals surface area contributed by atoms with Crippen molar-refractivity contribution in [2.45, 2.75) is 23.8 Å². The number of Topliss-reactive ketones (excluding diaryl/α,β-unsaturated/α-hetero) is 1. The number of aryl methyl sites for hydroxylation is 1. The van der Waals surface area contributed by atoms with Crippen molar-refractivity contribution in [2.24, 2.45) is 0 Å². The first kappa shape index (κ1) is 24.1. The first-order valence-electron chi connectivity index (χ1n) is 9.38.